The molecule has 0 radical (unpaired) electrons. The van der Waals surface area contributed by atoms with Crippen LogP contribution in [0.2, 0.25) is 0 Å². The Hall–Kier alpha value is -3.52. The maximum atomic E-state index is 6.16. The van der Waals surface area contributed by atoms with Crippen molar-refractivity contribution >= 4 is 43.7 Å². The standard InChI is InChI=1S/C25H17NO/c1-16-11-12-22-19(13-16)20-14-21-18-9-5-6-10-24(18)27-25(21)15-23(20)26(22)17-7-3-2-4-8-17/h2-15H,1H3. The molecule has 0 N–H and O–H groups in total. The molecule has 0 saturated carbocycles. The molecule has 27 heavy (non-hydrogen) atoms. The van der Waals surface area contributed by atoms with Gasteiger partial charge >= 0.3 is 0 Å². The Morgan fingerprint density at radius 3 is 2.26 bits per heavy atom. The van der Waals surface area contributed by atoms with Crippen molar-refractivity contribution in [1.29, 1.82) is 0 Å². The number of furan rings is 1. The number of fused-ring (bicyclic) bond motifs is 6. The second-order valence-corrected chi connectivity index (χ2v) is 7.16. The van der Waals surface area contributed by atoms with Crippen LogP contribution in [-0.2, 0) is 0 Å². The zero-order valence-corrected chi connectivity index (χ0v) is 14.9. The molecular weight excluding hydrogens is 330 g/mol. The van der Waals surface area contributed by atoms with E-state index in [1.54, 1.807) is 0 Å². The fourth-order valence-corrected chi connectivity index (χ4v) is 4.21. The van der Waals surface area contributed by atoms with E-state index < -0.39 is 0 Å². The highest BCUT2D eigenvalue weighted by Gasteiger charge is 2.16. The van der Waals surface area contributed by atoms with Crippen LogP contribution in [0.25, 0.3) is 49.4 Å². The van der Waals surface area contributed by atoms with Crippen LogP contribution in [0.3, 0.4) is 0 Å². The number of benzene rings is 4. The highest BCUT2D eigenvalue weighted by Crippen LogP contribution is 2.38. The maximum Gasteiger partial charge on any atom is 0.137 e. The molecule has 0 amide bonds. The SMILES string of the molecule is Cc1ccc2c(c1)c1cc3c(cc1n2-c1ccccc1)oc1ccccc13. The van der Waals surface area contributed by atoms with Gasteiger partial charge in [0.15, 0.2) is 0 Å². The van der Waals surface area contributed by atoms with Gasteiger partial charge < -0.3 is 8.98 Å². The van der Waals surface area contributed by atoms with Gasteiger partial charge in [-0.15, -0.1) is 0 Å². The van der Waals surface area contributed by atoms with Crippen molar-refractivity contribution in [3.8, 4) is 5.69 Å². The van der Waals surface area contributed by atoms with E-state index >= 15 is 0 Å². The summed E-state index contributed by atoms with van der Waals surface area (Å²) in [5.41, 5.74) is 6.70. The Morgan fingerprint density at radius 1 is 0.593 bits per heavy atom. The molecule has 6 aromatic rings. The van der Waals surface area contributed by atoms with E-state index in [0.29, 0.717) is 0 Å². The van der Waals surface area contributed by atoms with E-state index in [4.69, 9.17) is 4.42 Å². The molecule has 0 aliphatic rings. The lowest BCUT2D eigenvalue weighted by atomic mass is 10.1. The lowest BCUT2D eigenvalue weighted by Gasteiger charge is -2.07. The maximum absolute atomic E-state index is 6.16. The van der Waals surface area contributed by atoms with Crippen LogP contribution in [0, 0.1) is 6.92 Å². The third-order valence-corrected chi connectivity index (χ3v) is 5.43. The Balaban J connectivity index is 1.85. The van der Waals surface area contributed by atoms with Gasteiger partial charge in [-0.25, -0.2) is 0 Å². The fraction of sp³-hybridized carbons (Fsp3) is 0.0400. The Bertz CT molecular complexity index is 1470. The van der Waals surface area contributed by atoms with Gasteiger partial charge in [0.2, 0.25) is 0 Å². The molecule has 0 aliphatic carbocycles. The van der Waals surface area contributed by atoms with Crippen molar-refractivity contribution in [2.24, 2.45) is 0 Å². The topological polar surface area (TPSA) is 18.1 Å². The summed E-state index contributed by atoms with van der Waals surface area (Å²) in [4.78, 5) is 0. The van der Waals surface area contributed by atoms with E-state index in [1.165, 1.54) is 38.1 Å². The minimum atomic E-state index is 0.931. The third kappa shape index (κ3) is 2.01. The summed E-state index contributed by atoms with van der Waals surface area (Å²) in [6.07, 6.45) is 0. The molecule has 0 saturated heterocycles. The van der Waals surface area contributed by atoms with Crippen LogP contribution in [0.5, 0.6) is 0 Å². The average molecular weight is 347 g/mol. The van der Waals surface area contributed by atoms with Gasteiger partial charge in [0, 0.05) is 33.3 Å². The van der Waals surface area contributed by atoms with Gasteiger partial charge in [-0.05, 0) is 43.3 Å². The summed E-state index contributed by atoms with van der Waals surface area (Å²) < 4.78 is 8.49. The molecule has 2 nitrogen and oxygen atoms in total. The van der Waals surface area contributed by atoms with Gasteiger partial charge in [0.1, 0.15) is 11.2 Å². The summed E-state index contributed by atoms with van der Waals surface area (Å²) >= 11 is 0. The average Bonchev–Trinajstić information content (AvgIpc) is 3.21. The zero-order chi connectivity index (χ0) is 18.0. The Morgan fingerprint density at radius 2 is 1.37 bits per heavy atom. The number of para-hydroxylation sites is 2. The van der Waals surface area contributed by atoms with Crippen molar-refractivity contribution in [3.63, 3.8) is 0 Å². The number of rotatable bonds is 1. The molecule has 0 spiro atoms. The lowest BCUT2D eigenvalue weighted by Crippen LogP contribution is -1.92. The van der Waals surface area contributed by atoms with E-state index in [1.807, 2.05) is 12.1 Å². The molecule has 4 aromatic carbocycles. The number of nitrogens with zero attached hydrogens (tertiary/aromatic N) is 1. The largest absolute Gasteiger partial charge is 0.456 e. The normalized spacial score (nSPS) is 11.9. The summed E-state index contributed by atoms with van der Waals surface area (Å²) in [6, 6.07) is 30.0. The van der Waals surface area contributed by atoms with Gasteiger partial charge in [0.25, 0.3) is 0 Å². The molecule has 128 valence electrons. The second kappa shape index (κ2) is 5.24. The van der Waals surface area contributed by atoms with Crippen molar-refractivity contribution in [1.82, 2.24) is 4.57 Å². The number of hydrogen-bond acceptors (Lipinski definition) is 1. The number of aromatic nitrogens is 1. The smallest absolute Gasteiger partial charge is 0.137 e. The molecule has 0 bridgehead atoms. The highest BCUT2D eigenvalue weighted by atomic mass is 16.3. The highest BCUT2D eigenvalue weighted by molar-refractivity contribution is 6.17. The molecule has 0 atom stereocenters. The first-order chi connectivity index (χ1) is 13.3. The first-order valence-corrected chi connectivity index (χ1v) is 9.21. The minimum Gasteiger partial charge on any atom is -0.456 e. The van der Waals surface area contributed by atoms with Crippen LogP contribution in [0.1, 0.15) is 5.56 Å². The molecular formula is C25H17NO. The Kier molecular flexibility index (Phi) is 2.84. The monoisotopic (exact) mass is 347 g/mol. The van der Waals surface area contributed by atoms with Gasteiger partial charge in [-0.3, -0.25) is 0 Å². The molecule has 2 aromatic heterocycles. The minimum absolute atomic E-state index is 0.931. The number of hydrogen-bond donors (Lipinski definition) is 0. The lowest BCUT2D eigenvalue weighted by molar-refractivity contribution is 0.669. The Labute approximate surface area is 156 Å². The molecule has 0 unspecified atom stereocenters. The van der Waals surface area contributed by atoms with Crippen LogP contribution >= 0.6 is 0 Å². The molecule has 2 heteroatoms. The summed E-state index contributed by atoms with van der Waals surface area (Å²) in [7, 11) is 0. The van der Waals surface area contributed by atoms with Crippen molar-refractivity contribution < 1.29 is 4.42 Å². The van der Waals surface area contributed by atoms with Crippen molar-refractivity contribution in [2.75, 3.05) is 0 Å². The molecule has 0 aliphatic heterocycles. The predicted octanol–water partition coefficient (Wildman–Crippen LogP) is 6.99. The quantitative estimate of drug-likeness (QED) is 0.313. The molecule has 2 heterocycles. The summed E-state index contributed by atoms with van der Waals surface area (Å²) in [5.74, 6) is 0. The van der Waals surface area contributed by atoms with Crippen molar-refractivity contribution in [3.05, 3.63) is 90.5 Å². The van der Waals surface area contributed by atoms with E-state index in [9.17, 15) is 0 Å². The van der Waals surface area contributed by atoms with E-state index in [2.05, 4.69) is 84.3 Å². The van der Waals surface area contributed by atoms with Crippen LogP contribution in [-0.4, -0.2) is 4.57 Å². The van der Waals surface area contributed by atoms with Gasteiger partial charge in [-0.1, -0.05) is 48.0 Å². The predicted molar refractivity (Wildman–Crippen MR) is 113 cm³/mol. The van der Waals surface area contributed by atoms with E-state index in [-0.39, 0.29) is 0 Å². The molecule has 0 fully saturated rings. The summed E-state index contributed by atoms with van der Waals surface area (Å²) in [6.45, 7) is 2.15. The fourth-order valence-electron chi connectivity index (χ4n) is 4.21. The van der Waals surface area contributed by atoms with E-state index in [0.717, 1.165) is 16.9 Å². The first kappa shape index (κ1) is 14.6. The van der Waals surface area contributed by atoms with Crippen LogP contribution in [0.4, 0.5) is 0 Å². The van der Waals surface area contributed by atoms with Crippen molar-refractivity contribution in [2.45, 2.75) is 6.92 Å². The second-order valence-electron chi connectivity index (χ2n) is 7.16. The van der Waals surface area contributed by atoms with Crippen LogP contribution < -0.4 is 0 Å². The number of aryl methyl sites for hydroxylation is 1. The molecule has 6 rings (SSSR count). The first-order valence-electron chi connectivity index (χ1n) is 9.21. The van der Waals surface area contributed by atoms with Gasteiger partial charge in [0.05, 0.1) is 11.0 Å². The van der Waals surface area contributed by atoms with Gasteiger partial charge in [-0.2, -0.15) is 0 Å². The van der Waals surface area contributed by atoms with Crippen LogP contribution in [0.15, 0.2) is 89.3 Å². The third-order valence-electron chi connectivity index (χ3n) is 5.43. The zero-order valence-electron chi connectivity index (χ0n) is 14.9. The summed E-state index contributed by atoms with van der Waals surface area (Å²) in [5, 5.41) is 4.88.